The normalized spacial score (nSPS) is 19.5. The quantitative estimate of drug-likeness (QED) is 0.679. The van der Waals surface area contributed by atoms with Crippen LogP contribution >= 0.6 is 12.6 Å². The molecular weight excluding hydrogens is 424 g/mol. The maximum absolute atomic E-state index is 12.8. The topological polar surface area (TPSA) is 84.9 Å². The molecule has 0 saturated carbocycles. The Morgan fingerprint density at radius 2 is 1.63 bits per heavy atom. The first-order chi connectivity index (χ1) is 14.0. The molecule has 0 aliphatic carbocycles. The summed E-state index contributed by atoms with van der Waals surface area (Å²) in [7, 11) is -3.78. The van der Waals surface area contributed by atoms with Gasteiger partial charge in [-0.25, -0.2) is 17.9 Å². The molecule has 0 unspecified atom stereocenters. The lowest BCUT2D eigenvalue weighted by atomic mass is 10.2. The van der Waals surface area contributed by atoms with E-state index in [1.165, 1.54) is 17.0 Å². The summed E-state index contributed by atoms with van der Waals surface area (Å²) in [5.41, 5.74) is -0.621. The molecule has 1 N–H and O–H groups in total. The molecule has 3 rings (SSSR count). The van der Waals surface area contributed by atoms with Gasteiger partial charge in [0.1, 0.15) is 17.1 Å². The summed E-state index contributed by atoms with van der Waals surface area (Å²) >= 11 is 4.45. The molecule has 1 saturated heterocycles. The Hall–Kier alpha value is -2.23. The van der Waals surface area contributed by atoms with Gasteiger partial charge in [-0.05, 0) is 57.2 Å². The van der Waals surface area contributed by atoms with E-state index in [0.717, 1.165) is 0 Å². The number of rotatable bonds is 5. The van der Waals surface area contributed by atoms with E-state index >= 15 is 0 Å². The van der Waals surface area contributed by atoms with Gasteiger partial charge < -0.3 is 14.4 Å². The van der Waals surface area contributed by atoms with Crippen LogP contribution in [-0.4, -0.2) is 49.4 Å². The van der Waals surface area contributed by atoms with E-state index in [2.05, 4.69) is 17.4 Å². The number of carbonyl (C=O) groups excluding carboxylic acids is 1. The second kappa shape index (κ2) is 8.87. The Kier molecular flexibility index (Phi) is 6.64. The first-order valence-electron chi connectivity index (χ1n) is 9.55. The number of carbonyl (C=O) groups is 1. The SMILES string of the molecule is CC(C)(C)OC(=O)N1C[C@@H](S)[C@H](NS(=O)(=O)c2ccc(Oc3ccccc3)cc2)C1. The lowest BCUT2D eigenvalue weighted by Crippen LogP contribution is -2.42. The molecule has 7 nitrogen and oxygen atoms in total. The molecule has 2 aromatic rings. The number of ether oxygens (including phenoxy) is 2. The highest BCUT2D eigenvalue weighted by atomic mass is 32.2. The zero-order valence-corrected chi connectivity index (χ0v) is 18.8. The monoisotopic (exact) mass is 450 g/mol. The molecule has 1 amide bonds. The fourth-order valence-corrected chi connectivity index (χ4v) is 4.69. The number of nitrogens with one attached hydrogen (secondary N) is 1. The van der Waals surface area contributed by atoms with E-state index in [9.17, 15) is 13.2 Å². The smallest absolute Gasteiger partial charge is 0.410 e. The number of amides is 1. The van der Waals surface area contributed by atoms with Crippen molar-refractivity contribution in [1.82, 2.24) is 9.62 Å². The van der Waals surface area contributed by atoms with Gasteiger partial charge in [0, 0.05) is 18.3 Å². The zero-order chi connectivity index (χ0) is 21.9. The van der Waals surface area contributed by atoms with Crippen LogP contribution in [0.3, 0.4) is 0 Å². The van der Waals surface area contributed by atoms with Gasteiger partial charge in [0.15, 0.2) is 0 Å². The van der Waals surface area contributed by atoms with E-state index in [0.29, 0.717) is 18.0 Å². The third-order valence-corrected chi connectivity index (χ3v) is 6.39. The van der Waals surface area contributed by atoms with Gasteiger partial charge >= 0.3 is 6.09 Å². The Balaban J connectivity index is 1.64. The molecular formula is C21H26N2O5S2. The maximum atomic E-state index is 12.8. The van der Waals surface area contributed by atoms with Crippen molar-refractivity contribution in [2.75, 3.05) is 13.1 Å². The van der Waals surface area contributed by atoms with Crippen molar-refractivity contribution in [3.05, 3.63) is 54.6 Å². The molecule has 1 aliphatic rings. The Labute approximate surface area is 182 Å². The van der Waals surface area contributed by atoms with Crippen molar-refractivity contribution in [1.29, 1.82) is 0 Å². The van der Waals surface area contributed by atoms with Crippen molar-refractivity contribution in [3.8, 4) is 11.5 Å². The summed E-state index contributed by atoms with van der Waals surface area (Å²) in [6, 6.07) is 14.9. The first kappa shape index (κ1) is 22.5. The summed E-state index contributed by atoms with van der Waals surface area (Å²) in [6.45, 7) is 5.84. The largest absolute Gasteiger partial charge is 0.457 e. The van der Waals surface area contributed by atoms with Crippen molar-refractivity contribution in [2.24, 2.45) is 0 Å². The van der Waals surface area contributed by atoms with Crippen molar-refractivity contribution in [3.63, 3.8) is 0 Å². The summed E-state index contributed by atoms with van der Waals surface area (Å²) in [5, 5.41) is -0.340. The number of likely N-dealkylation sites (tertiary alicyclic amines) is 1. The molecule has 2 atom stereocenters. The highest BCUT2D eigenvalue weighted by molar-refractivity contribution is 7.89. The number of sulfonamides is 1. The number of hydrogen-bond acceptors (Lipinski definition) is 6. The number of benzene rings is 2. The van der Waals surface area contributed by atoms with Gasteiger partial charge in [-0.2, -0.15) is 12.6 Å². The van der Waals surface area contributed by atoms with Gasteiger partial charge in [-0.3, -0.25) is 0 Å². The summed E-state index contributed by atoms with van der Waals surface area (Å²) in [4.78, 5) is 13.8. The Bertz CT molecular complexity index is 973. The van der Waals surface area contributed by atoms with Crippen LogP contribution in [0.4, 0.5) is 4.79 Å². The molecule has 0 radical (unpaired) electrons. The lowest BCUT2D eigenvalue weighted by molar-refractivity contribution is 0.0292. The third kappa shape index (κ3) is 5.90. The number of nitrogens with zero attached hydrogens (tertiary/aromatic N) is 1. The van der Waals surface area contributed by atoms with Gasteiger partial charge in [0.05, 0.1) is 10.9 Å². The van der Waals surface area contributed by atoms with Gasteiger partial charge in [-0.1, -0.05) is 18.2 Å². The summed E-state index contributed by atoms with van der Waals surface area (Å²) in [6.07, 6.45) is -0.481. The molecule has 0 aromatic heterocycles. The minimum Gasteiger partial charge on any atom is -0.457 e. The second-order valence-electron chi connectivity index (χ2n) is 8.07. The van der Waals surface area contributed by atoms with Gasteiger partial charge in [0.25, 0.3) is 0 Å². The highest BCUT2D eigenvalue weighted by Crippen LogP contribution is 2.24. The first-order valence-corrected chi connectivity index (χ1v) is 11.5. The molecule has 1 aliphatic heterocycles. The van der Waals surface area contributed by atoms with Crippen LogP contribution in [0.15, 0.2) is 59.5 Å². The predicted octanol–water partition coefficient (Wildman–Crippen LogP) is 3.67. The fourth-order valence-electron chi connectivity index (χ4n) is 2.96. The number of para-hydroxylation sites is 1. The summed E-state index contributed by atoms with van der Waals surface area (Å²) < 4.78 is 39.3. The minimum absolute atomic E-state index is 0.110. The van der Waals surface area contributed by atoms with Crippen LogP contribution in [0.25, 0.3) is 0 Å². The molecule has 30 heavy (non-hydrogen) atoms. The average molecular weight is 451 g/mol. The fraction of sp³-hybridized carbons (Fsp3) is 0.381. The molecule has 0 spiro atoms. The molecule has 162 valence electrons. The molecule has 1 fully saturated rings. The number of thiol groups is 1. The van der Waals surface area contributed by atoms with Crippen LogP contribution in [0.5, 0.6) is 11.5 Å². The van der Waals surface area contributed by atoms with Crippen molar-refractivity contribution >= 4 is 28.7 Å². The lowest BCUT2D eigenvalue weighted by Gasteiger charge is -2.24. The van der Waals surface area contributed by atoms with E-state index < -0.39 is 27.8 Å². The van der Waals surface area contributed by atoms with Crippen LogP contribution in [0.2, 0.25) is 0 Å². The highest BCUT2D eigenvalue weighted by Gasteiger charge is 2.37. The van der Waals surface area contributed by atoms with Crippen molar-refractivity contribution in [2.45, 2.75) is 42.6 Å². The molecule has 0 bridgehead atoms. The minimum atomic E-state index is -3.78. The third-order valence-electron chi connectivity index (χ3n) is 4.36. The Morgan fingerprint density at radius 1 is 1.03 bits per heavy atom. The van der Waals surface area contributed by atoms with Crippen molar-refractivity contribution < 1.29 is 22.7 Å². The zero-order valence-electron chi connectivity index (χ0n) is 17.1. The standard InChI is InChI=1S/C21H26N2O5S2/c1-21(2,3)28-20(24)23-13-18(19(29)14-23)22-30(25,26)17-11-9-16(10-12-17)27-15-7-5-4-6-8-15/h4-12,18-19,22,29H,13-14H2,1-3H3/t18-,19-/m1/s1. The molecule has 2 aromatic carbocycles. The van der Waals surface area contributed by atoms with Crippen LogP contribution in [0, 0.1) is 0 Å². The maximum Gasteiger partial charge on any atom is 0.410 e. The average Bonchev–Trinajstić information content (AvgIpc) is 3.02. The Morgan fingerprint density at radius 3 is 2.23 bits per heavy atom. The molecule has 9 heteroatoms. The van der Waals surface area contributed by atoms with E-state index in [-0.39, 0.29) is 16.7 Å². The number of hydrogen-bond donors (Lipinski definition) is 2. The van der Waals surface area contributed by atoms with Gasteiger partial charge in [-0.15, -0.1) is 0 Å². The van der Waals surface area contributed by atoms with Gasteiger partial charge in [0.2, 0.25) is 10.0 Å². The second-order valence-corrected chi connectivity index (χ2v) is 10.4. The van der Waals surface area contributed by atoms with Crippen LogP contribution < -0.4 is 9.46 Å². The van der Waals surface area contributed by atoms with Crippen LogP contribution in [-0.2, 0) is 14.8 Å². The van der Waals surface area contributed by atoms with Crippen LogP contribution in [0.1, 0.15) is 20.8 Å². The molecule has 1 heterocycles. The van der Waals surface area contributed by atoms with E-state index in [1.807, 2.05) is 30.3 Å². The van der Waals surface area contributed by atoms with E-state index in [4.69, 9.17) is 9.47 Å². The van der Waals surface area contributed by atoms with E-state index in [1.54, 1.807) is 32.9 Å². The predicted molar refractivity (Wildman–Crippen MR) is 118 cm³/mol. The summed E-state index contributed by atoms with van der Waals surface area (Å²) in [5.74, 6) is 1.20.